The van der Waals surface area contributed by atoms with Crippen LogP contribution in [0.2, 0.25) is 0 Å². The van der Waals surface area contributed by atoms with Crippen molar-refractivity contribution in [1.29, 1.82) is 0 Å². The molecule has 0 radical (unpaired) electrons. The molecule has 2 N–H and O–H groups in total. The molecule has 1 aromatic carbocycles. The molecule has 0 saturated carbocycles. The fourth-order valence-corrected chi connectivity index (χ4v) is 4.72. The quantitative estimate of drug-likeness (QED) is 0.345. The van der Waals surface area contributed by atoms with Crippen LogP contribution in [0.25, 0.3) is 0 Å². The standard InChI is InChI=1S/C25H43N5O2/c1-5-26-25(27-12-8-14-29-13-7-6-9-20(29)2)28-21-10-15-30(16-11-21)22-17-23(31-3)19-24(18-22)32-4/h17-21H,5-16H2,1-4H3,(H2,26,27,28). The number of hydrogen-bond acceptors (Lipinski definition) is 5. The van der Waals surface area contributed by atoms with Crippen molar-refractivity contribution in [1.82, 2.24) is 15.5 Å². The van der Waals surface area contributed by atoms with Crippen molar-refractivity contribution < 1.29 is 9.47 Å². The molecule has 0 spiro atoms. The molecule has 0 aromatic heterocycles. The first-order valence-corrected chi connectivity index (χ1v) is 12.4. The third-order valence-electron chi connectivity index (χ3n) is 6.70. The molecular weight excluding hydrogens is 402 g/mol. The van der Waals surface area contributed by atoms with Crippen molar-refractivity contribution in [3.8, 4) is 11.5 Å². The molecular formula is C25H43N5O2. The first kappa shape index (κ1) is 24.5. The number of nitrogens with zero attached hydrogens (tertiary/aromatic N) is 3. The minimum atomic E-state index is 0.443. The summed E-state index contributed by atoms with van der Waals surface area (Å²) in [6, 6.07) is 7.27. The molecule has 2 fully saturated rings. The summed E-state index contributed by atoms with van der Waals surface area (Å²) in [5.74, 6) is 2.63. The van der Waals surface area contributed by atoms with E-state index in [-0.39, 0.29) is 0 Å². The minimum absolute atomic E-state index is 0.443. The van der Waals surface area contributed by atoms with E-state index in [1.54, 1.807) is 14.2 Å². The average molecular weight is 446 g/mol. The fourth-order valence-electron chi connectivity index (χ4n) is 4.72. The highest BCUT2D eigenvalue weighted by Gasteiger charge is 2.21. The number of anilines is 1. The molecule has 2 aliphatic rings. The lowest BCUT2D eigenvalue weighted by atomic mass is 10.0. The zero-order valence-electron chi connectivity index (χ0n) is 20.5. The summed E-state index contributed by atoms with van der Waals surface area (Å²) in [7, 11) is 3.40. The van der Waals surface area contributed by atoms with Gasteiger partial charge in [0.05, 0.1) is 14.2 Å². The Morgan fingerprint density at radius 2 is 1.75 bits per heavy atom. The third-order valence-corrected chi connectivity index (χ3v) is 6.70. The molecule has 0 bridgehead atoms. The number of guanidine groups is 1. The van der Waals surface area contributed by atoms with Crippen molar-refractivity contribution in [3.63, 3.8) is 0 Å². The van der Waals surface area contributed by atoms with Crippen molar-refractivity contribution in [2.45, 2.75) is 64.5 Å². The number of aliphatic imine (C=N–C) groups is 1. The van der Waals surface area contributed by atoms with Crippen LogP contribution in [0, 0.1) is 0 Å². The number of nitrogens with one attached hydrogen (secondary N) is 2. The van der Waals surface area contributed by atoms with Crippen molar-refractivity contribution >= 4 is 11.6 Å². The van der Waals surface area contributed by atoms with E-state index >= 15 is 0 Å². The number of hydrogen-bond donors (Lipinski definition) is 2. The van der Waals surface area contributed by atoms with Gasteiger partial charge in [0.1, 0.15) is 11.5 Å². The average Bonchev–Trinajstić information content (AvgIpc) is 2.83. The topological polar surface area (TPSA) is 61.4 Å². The second-order valence-corrected chi connectivity index (χ2v) is 8.97. The fraction of sp³-hybridized carbons (Fsp3) is 0.720. The van der Waals surface area contributed by atoms with Crippen LogP contribution < -0.4 is 25.0 Å². The van der Waals surface area contributed by atoms with Gasteiger partial charge in [0, 0.05) is 68.7 Å². The molecule has 1 unspecified atom stereocenters. The van der Waals surface area contributed by atoms with Crippen LogP contribution in [0.1, 0.15) is 52.4 Å². The molecule has 0 amide bonds. The van der Waals surface area contributed by atoms with Crippen LogP contribution in [0.5, 0.6) is 11.5 Å². The first-order chi connectivity index (χ1) is 15.6. The summed E-state index contributed by atoms with van der Waals surface area (Å²) in [5, 5.41) is 7.10. The number of methoxy groups -OCH3 is 2. The Labute approximate surface area is 194 Å². The lowest BCUT2D eigenvalue weighted by molar-refractivity contribution is 0.160. The summed E-state index contributed by atoms with van der Waals surface area (Å²) >= 11 is 0. The molecule has 1 atom stereocenters. The van der Waals surface area contributed by atoms with Crippen molar-refractivity contribution in [2.75, 3.05) is 58.4 Å². The van der Waals surface area contributed by atoms with Gasteiger partial charge in [-0.15, -0.1) is 0 Å². The zero-order valence-corrected chi connectivity index (χ0v) is 20.5. The number of piperidine rings is 2. The van der Waals surface area contributed by atoms with Crippen LogP contribution in [0.4, 0.5) is 5.69 Å². The maximum absolute atomic E-state index is 5.43. The Kier molecular flexibility index (Phi) is 9.78. The van der Waals surface area contributed by atoms with Gasteiger partial charge in [0.25, 0.3) is 0 Å². The van der Waals surface area contributed by atoms with Crippen LogP contribution in [0.3, 0.4) is 0 Å². The summed E-state index contributed by atoms with van der Waals surface area (Å²) in [6.45, 7) is 10.7. The maximum atomic E-state index is 5.43. The normalized spacial score (nSPS) is 20.8. The highest BCUT2D eigenvalue weighted by atomic mass is 16.5. The molecule has 1 aromatic rings. The van der Waals surface area contributed by atoms with Crippen LogP contribution >= 0.6 is 0 Å². The molecule has 7 nitrogen and oxygen atoms in total. The van der Waals surface area contributed by atoms with E-state index < -0.39 is 0 Å². The van der Waals surface area contributed by atoms with Gasteiger partial charge in [-0.2, -0.15) is 0 Å². The van der Waals surface area contributed by atoms with E-state index in [0.29, 0.717) is 6.04 Å². The third kappa shape index (κ3) is 7.19. The highest BCUT2D eigenvalue weighted by Crippen LogP contribution is 2.30. The van der Waals surface area contributed by atoms with E-state index in [4.69, 9.17) is 14.5 Å². The lowest BCUT2D eigenvalue weighted by Gasteiger charge is -2.35. The van der Waals surface area contributed by atoms with Crippen molar-refractivity contribution in [2.24, 2.45) is 4.99 Å². The van der Waals surface area contributed by atoms with E-state index in [1.807, 2.05) is 6.07 Å². The monoisotopic (exact) mass is 445 g/mol. The maximum Gasteiger partial charge on any atom is 0.191 e. The Bertz CT molecular complexity index is 696. The van der Waals surface area contributed by atoms with Gasteiger partial charge in [-0.1, -0.05) is 6.42 Å². The summed E-state index contributed by atoms with van der Waals surface area (Å²) in [4.78, 5) is 9.90. The van der Waals surface area contributed by atoms with Crippen LogP contribution in [-0.2, 0) is 0 Å². The molecule has 2 saturated heterocycles. The summed E-state index contributed by atoms with van der Waals surface area (Å²) < 4.78 is 10.9. The second kappa shape index (κ2) is 12.8. The smallest absolute Gasteiger partial charge is 0.191 e. The van der Waals surface area contributed by atoms with Gasteiger partial charge in [-0.25, -0.2) is 0 Å². The van der Waals surface area contributed by atoms with E-state index in [2.05, 4.69) is 46.4 Å². The Morgan fingerprint density at radius 1 is 1.03 bits per heavy atom. The Balaban J connectivity index is 1.46. The number of rotatable bonds is 9. The zero-order chi connectivity index (χ0) is 22.8. The predicted octanol–water partition coefficient (Wildman–Crippen LogP) is 3.49. The Hall–Kier alpha value is -2.15. The summed E-state index contributed by atoms with van der Waals surface area (Å²) in [6.07, 6.45) is 7.35. The van der Waals surface area contributed by atoms with Crippen molar-refractivity contribution in [3.05, 3.63) is 18.2 Å². The first-order valence-electron chi connectivity index (χ1n) is 12.4. The lowest BCUT2D eigenvalue weighted by Crippen LogP contribution is -2.48. The van der Waals surface area contributed by atoms with E-state index in [0.717, 1.165) is 81.2 Å². The predicted molar refractivity (Wildman–Crippen MR) is 133 cm³/mol. The largest absolute Gasteiger partial charge is 0.497 e. The van der Waals surface area contributed by atoms with Gasteiger partial charge in [0.15, 0.2) is 5.96 Å². The highest BCUT2D eigenvalue weighted by molar-refractivity contribution is 5.80. The van der Waals surface area contributed by atoms with Gasteiger partial charge < -0.3 is 29.9 Å². The van der Waals surface area contributed by atoms with Crippen LogP contribution in [0.15, 0.2) is 23.2 Å². The number of likely N-dealkylation sites (tertiary alicyclic amines) is 1. The second-order valence-electron chi connectivity index (χ2n) is 8.97. The molecule has 7 heteroatoms. The molecule has 32 heavy (non-hydrogen) atoms. The van der Waals surface area contributed by atoms with E-state index in [9.17, 15) is 0 Å². The van der Waals surface area contributed by atoms with Gasteiger partial charge >= 0.3 is 0 Å². The number of ether oxygens (including phenoxy) is 2. The van der Waals surface area contributed by atoms with Crippen LogP contribution in [-0.4, -0.2) is 76.4 Å². The van der Waals surface area contributed by atoms with Gasteiger partial charge in [0.2, 0.25) is 0 Å². The van der Waals surface area contributed by atoms with E-state index in [1.165, 1.54) is 25.8 Å². The molecule has 3 rings (SSSR count). The molecule has 2 heterocycles. The van der Waals surface area contributed by atoms with Gasteiger partial charge in [-0.3, -0.25) is 4.99 Å². The number of benzene rings is 1. The molecule has 0 aliphatic carbocycles. The summed E-state index contributed by atoms with van der Waals surface area (Å²) in [5.41, 5.74) is 1.16. The Morgan fingerprint density at radius 3 is 2.38 bits per heavy atom. The SMILES string of the molecule is CCNC(=NCCCN1CCCCC1C)NC1CCN(c2cc(OC)cc(OC)c2)CC1. The molecule has 180 valence electrons. The molecule has 2 aliphatic heterocycles. The minimum Gasteiger partial charge on any atom is -0.497 e. The van der Waals surface area contributed by atoms with Gasteiger partial charge in [-0.05, 0) is 52.5 Å².